The van der Waals surface area contributed by atoms with E-state index < -0.39 is 22.8 Å². The van der Waals surface area contributed by atoms with Gasteiger partial charge in [-0.05, 0) is 25.9 Å². The van der Waals surface area contributed by atoms with Crippen molar-refractivity contribution in [2.75, 3.05) is 32.8 Å². The van der Waals surface area contributed by atoms with E-state index in [4.69, 9.17) is 9.47 Å². The zero-order valence-electron chi connectivity index (χ0n) is 19.0. The quantitative estimate of drug-likeness (QED) is 0.558. The van der Waals surface area contributed by atoms with Crippen molar-refractivity contribution in [2.24, 2.45) is 0 Å². The highest BCUT2D eigenvalue weighted by Crippen LogP contribution is 2.38. The summed E-state index contributed by atoms with van der Waals surface area (Å²) in [5, 5.41) is 15.0. The Morgan fingerprint density at radius 3 is 2.66 bits per heavy atom. The molecule has 6 heterocycles. The van der Waals surface area contributed by atoms with Crippen LogP contribution in [0.4, 0.5) is 8.78 Å². The lowest BCUT2D eigenvalue weighted by Gasteiger charge is -2.37. The molecule has 9 nitrogen and oxygen atoms in total. The molecule has 184 valence electrons. The molecule has 1 fully saturated rings. The number of pyridine rings is 3. The third kappa shape index (κ3) is 3.93. The zero-order chi connectivity index (χ0) is 24.2. The Morgan fingerprint density at radius 2 is 1.86 bits per heavy atom. The fourth-order valence-corrected chi connectivity index (χ4v) is 5.35. The second-order valence-electron chi connectivity index (χ2n) is 9.38. The molecule has 0 aromatic carbocycles. The first-order valence-electron chi connectivity index (χ1n) is 11.7. The first kappa shape index (κ1) is 22.3. The van der Waals surface area contributed by atoms with Crippen molar-refractivity contribution in [3.8, 4) is 11.5 Å². The lowest BCUT2D eigenvalue weighted by molar-refractivity contribution is -0.0160. The minimum Gasteiger partial charge on any atom is -0.486 e. The van der Waals surface area contributed by atoms with E-state index in [0.717, 1.165) is 35.4 Å². The van der Waals surface area contributed by atoms with Gasteiger partial charge in [0.05, 0.1) is 41.2 Å². The van der Waals surface area contributed by atoms with Crippen molar-refractivity contribution < 1.29 is 23.4 Å². The molecule has 6 rings (SSSR count). The molecule has 0 amide bonds. The van der Waals surface area contributed by atoms with Crippen LogP contribution in [0.5, 0.6) is 11.5 Å². The smallest absolute Gasteiger partial charge is 0.287 e. The van der Waals surface area contributed by atoms with Crippen molar-refractivity contribution >= 4 is 11.0 Å². The molecular formula is C24H25F2N5O4. The number of aromatic nitrogens is 3. The van der Waals surface area contributed by atoms with Gasteiger partial charge >= 0.3 is 0 Å². The fourth-order valence-electron chi connectivity index (χ4n) is 5.35. The van der Waals surface area contributed by atoms with Gasteiger partial charge in [0.25, 0.3) is 5.56 Å². The number of hydrogen-bond acceptors (Lipinski definition) is 8. The molecule has 3 aromatic heterocycles. The van der Waals surface area contributed by atoms with Crippen LogP contribution < -0.4 is 20.3 Å². The molecular weight excluding hydrogens is 460 g/mol. The molecule has 35 heavy (non-hydrogen) atoms. The number of nitrogens with one attached hydrogen (secondary N) is 1. The predicted molar refractivity (Wildman–Crippen MR) is 121 cm³/mol. The number of nitrogens with zero attached hydrogens (tertiary/aromatic N) is 4. The van der Waals surface area contributed by atoms with Crippen LogP contribution in [0, 0.1) is 11.6 Å². The highest BCUT2D eigenvalue weighted by molar-refractivity contribution is 5.81. The topological polar surface area (TPSA) is 102 Å². The number of ether oxygens (including phenoxy) is 2. The average molecular weight is 485 g/mol. The summed E-state index contributed by atoms with van der Waals surface area (Å²) in [7, 11) is 0. The van der Waals surface area contributed by atoms with Gasteiger partial charge in [-0.25, -0.2) is 8.78 Å². The van der Waals surface area contributed by atoms with Crippen molar-refractivity contribution in [2.45, 2.75) is 37.6 Å². The molecule has 1 atom stereocenters. The maximum Gasteiger partial charge on any atom is 0.287 e. The Balaban J connectivity index is 1.10. The van der Waals surface area contributed by atoms with Crippen LogP contribution in [0.15, 0.2) is 29.3 Å². The Kier molecular flexibility index (Phi) is 5.42. The molecule has 0 saturated carbocycles. The predicted octanol–water partition coefficient (Wildman–Crippen LogP) is 1.30. The lowest BCUT2D eigenvalue weighted by atomic mass is 9.93. The molecule has 0 aliphatic carbocycles. The van der Waals surface area contributed by atoms with Crippen LogP contribution in [-0.2, 0) is 18.7 Å². The first-order chi connectivity index (χ1) is 16.9. The van der Waals surface area contributed by atoms with Crippen molar-refractivity contribution in [1.82, 2.24) is 24.8 Å². The first-order valence-corrected chi connectivity index (χ1v) is 11.7. The highest BCUT2D eigenvalue weighted by atomic mass is 19.1. The van der Waals surface area contributed by atoms with Gasteiger partial charge in [0.1, 0.15) is 24.6 Å². The van der Waals surface area contributed by atoms with Gasteiger partial charge in [-0.3, -0.25) is 19.7 Å². The number of aliphatic hydroxyl groups is 1. The van der Waals surface area contributed by atoms with E-state index in [-0.39, 0.29) is 35.7 Å². The monoisotopic (exact) mass is 485 g/mol. The van der Waals surface area contributed by atoms with Crippen molar-refractivity contribution in [3.05, 3.63) is 57.8 Å². The van der Waals surface area contributed by atoms with E-state index in [2.05, 4.69) is 20.2 Å². The minimum absolute atomic E-state index is 0.0181. The van der Waals surface area contributed by atoms with Crippen LogP contribution in [0.3, 0.4) is 0 Å². The normalized spacial score (nSPS) is 22.1. The number of piperidine rings is 1. The fraction of sp³-hybridized carbons (Fsp3) is 0.458. The third-order valence-corrected chi connectivity index (χ3v) is 7.03. The number of β-amino-alcohol motifs (C(OH)–C–C–N with tert-alkyl or cyclic N) is 1. The summed E-state index contributed by atoms with van der Waals surface area (Å²) in [6.45, 7) is 2.95. The number of halogens is 2. The molecule has 1 saturated heterocycles. The largest absolute Gasteiger partial charge is 0.486 e. The van der Waals surface area contributed by atoms with Gasteiger partial charge in [-0.15, -0.1) is 0 Å². The highest BCUT2D eigenvalue weighted by Gasteiger charge is 2.43. The Hall–Kier alpha value is -3.15. The molecule has 0 radical (unpaired) electrons. The van der Waals surface area contributed by atoms with Gasteiger partial charge in [0.15, 0.2) is 17.3 Å². The van der Waals surface area contributed by atoms with Crippen LogP contribution in [0.2, 0.25) is 0 Å². The minimum atomic E-state index is -1.64. The molecule has 11 heteroatoms. The van der Waals surface area contributed by atoms with E-state index in [1.807, 2.05) is 6.07 Å². The molecule has 0 unspecified atom stereocenters. The summed E-state index contributed by atoms with van der Waals surface area (Å²) in [6.07, 6.45) is 4.32. The van der Waals surface area contributed by atoms with Gasteiger partial charge in [-0.2, -0.15) is 0 Å². The van der Waals surface area contributed by atoms with Gasteiger partial charge in [0.2, 0.25) is 0 Å². The summed E-state index contributed by atoms with van der Waals surface area (Å²) in [5.41, 5.74) is -1.31. The Morgan fingerprint density at radius 1 is 1.09 bits per heavy atom. The van der Waals surface area contributed by atoms with Crippen LogP contribution >= 0.6 is 0 Å². The molecule has 0 bridgehead atoms. The maximum absolute atomic E-state index is 14.8. The molecule has 3 aliphatic rings. The summed E-state index contributed by atoms with van der Waals surface area (Å²) in [4.78, 5) is 22.7. The van der Waals surface area contributed by atoms with Gasteiger partial charge < -0.3 is 24.5 Å². The summed E-state index contributed by atoms with van der Waals surface area (Å²) in [6, 6.07) is 3.15. The lowest BCUT2D eigenvalue weighted by Crippen LogP contribution is -2.48. The number of fused-ring (bicyclic) bond motifs is 1. The molecule has 0 spiro atoms. The van der Waals surface area contributed by atoms with Crippen LogP contribution in [0.25, 0.3) is 11.0 Å². The number of likely N-dealkylation sites (tertiary alicyclic amines) is 1. The molecule has 3 aromatic rings. The summed E-state index contributed by atoms with van der Waals surface area (Å²) < 4.78 is 41.1. The van der Waals surface area contributed by atoms with Crippen LogP contribution in [0.1, 0.15) is 24.1 Å². The van der Waals surface area contributed by atoms with Crippen molar-refractivity contribution in [1.29, 1.82) is 0 Å². The van der Waals surface area contributed by atoms with Gasteiger partial charge in [-0.1, -0.05) is 0 Å². The molecule has 2 N–H and O–H groups in total. The second-order valence-corrected chi connectivity index (χ2v) is 9.38. The number of rotatable bonds is 5. The van der Waals surface area contributed by atoms with Gasteiger partial charge in [0, 0.05) is 31.3 Å². The standard InChI is InChI=1S/C24H25F2N5O4/c25-16-8-18-22-21(17(26)10-29-18)24(33,13-31(22)23(16)32)12-30-3-1-14(2-4-30)27-9-15-7-19-20(11-28-15)35-6-5-34-19/h7-8,10-11,14,27,33H,1-6,9,12-13H2/t24-/m1/s1. The molecule has 3 aliphatic heterocycles. The zero-order valence-corrected chi connectivity index (χ0v) is 19.0. The van der Waals surface area contributed by atoms with E-state index >= 15 is 0 Å². The van der Waals surface area contributed by atoms with E-state index in [1.165, 1.54) is 0 Å². The Bertz CT molecular complexity index is 1360. The Labute approximate surface area is 199 Å². The second kappa shape index (κ2) is 8.51. The van der Waals surface area contributed by atoms with Crippen molar-refractivity contribution in [3.63, 3.8) is 0 Å². The summed E-state index contributed by atoms with van der Waals surface area (Å²) in [5.74, 6) is -0.291. The van der Waals surface area contributed by atoms with E-state index in [9.17, 15) is 18.7 Å². The van der Waals surface area contributed by atoms with Crippen LogP contribution in [-0.4, -0.2) is 63.4 Å². The van der Waals surface area contributed by atoms with E-state index in [0.29, 0.717) is 44.3 Å². The average Bonchev–Trinajstić information content (AvgIpc) is 3.18. The van der Waals surface area contributed by atoms with E-state index in [1.54, 1.807) is 6.20 Å². The maximum atomic E-state index is 14.8. The summed E-state index contributed by atoms with van der Waals surface area (Å²) >= 11 is 0. The third-order valence-electron chi connectivity index (χ3n) is 7.03. The number of hydrogen-bond donors (Lipinski definition) is 2. The SMILES string of the molecule is O=c1c(F)cc2ncc(F)c3c2n1C[C@]3(O)CN1CCC(NCc2cc3c(cn2)OCCO3)CC1.